The van der Waals surface area contributed by atoms with Gasteiger partial charge < -0.3 is 4.42 Å². The second kappa shape index (κ2) is 23.0. The first-order valence-electron chi connectivity index (χ1n) is 25.1. The molecule has 70 heavy (non-hydrogen) atoms. The zero-order valence-electron chi connectivity index (χ0n) is 42.9. The number of rotatable bonds is 9. The van der Waals surface area contributed by atoms with Crippen LogP contribution in [-0.4, -0.2) is 23.0 Å². The number of pyridine rings is 3. The predicted octanol–water partition coefficient (Wildman–Crippen LogP) is 17.3. The smallest absolute Gasteiger partial charge is 0.144 e. The van der Waals surface area contributed by atoms with Crippen LogP contribution in [0.4, 0.5) is 0 Å². The van der Waals surface area contributed by atoms with Crippen molar-refractivity contribution >= 4 is 35.2 Å². The maximum absolute atomic E-state index is 6.43. The Hall–Kier alpha value is -5.78. The zero-order chi connectivity index (χ0) is 48.6. The van der Waals surface area contributed by atoms with Gasteiger partial charge in [0.15, 0.2) is 0 Å². The van der Waals surface area contributed by atoms with E-state index in [0.29, 0.717) is 10.8 Å². The summed E-state index contributed by atoms with van der Waals surface area (Å²) in [5, 5.41) is 3.82. The van der Waals surface area contributed by atoms with Crippen molar-refractivity contribution in [2.24, 2.45) is 16.7 Å². The minimum Gasteiger partial charge on any atom is -0.455 e. The normalized spacial score (nSPS) is 13.0. The Bertz CT molecular complexity index is 3080. The van der Waals surface area contributed by atoms with Gasteiger partial charge in [-0.3, -0.25) is 15.0 Å². The average molecular weight is 1120 g/mol. The molecule has 0 N–H and O–H groups in total. The van der Waals surface area contributed by atoms with Gasteiger partial charge in [0.2, 0.25) is 0 Å². The minimum atomic E-state index is -1.36. The summed E-state index contributed by atoms with van der Waals surface area (Å²) in [5.41, 5.74) is 15.7. The number of fused-ring (bicyclic) bond motifs is 3. The fourth-order valence-corrected chi connectivity index (χ4v) is 11.4. The van der Waals surface area contributed by atoms with Gasteiger partial charge in [0.1, 0.15) is 11.2 Å². The van der Waals surface area contributed by atoms with E-state index in [2.05, 4.69) is 212 Å². The van der Waals surface area contributed by atoms with Crippen LogP contribution >= 0.6 is 0 Å². The van der Waals surface area contributed by atoms with Crippen LogP contribution in [0.25, 0.3) is 66.8 Å². The first-order chi connectivity index (χ1) is 33.1. The van der Waals surface area contributed by atoms with E-state index in [1.54, 1.807) is 0 Å². The van der Waals surface area contributed by atoms with Gasteiger partial charge in [-0.2, -0.15) is 0 Å². The molecule has 6 heteroatoms. The first kappa shape index (κ1) is 52.1. The van der Waals surface area contributed by atoms with Crippen LogP contribution < -0.4 is 5.19 Å². The molecule has 0 unspecified atom stereocenters. The topological polar surface area (TPSA) is 51.8 Å². The van der Waals surface area contributed by atoms with E-state index in [-0.39, 0.29) is 20.1 Å². The molecule has 4 nitrogen and oxygen atoms in total. The number of nitrogens with zero attached hydrogens (tertiary/aromatic N) is 3. The van der Waals surface area contributed by atoms with Crippen molar-refractivity contribution in [3.63, 3.8) is 0 Å². The molecule has 5 aromatic carbocycles. The van der Waals surface area contributed by atoms with Gasteiger partial charge in [-0.1, -0.05) is 202 Å². The van der Waals surface area contributed by atoms with Gasteiger partial charge in [0.25, 0.3) is 0 Å². The zero-order valence-corrected chi connectivity index (χ0v) is 46.2. The van der Waals surface area contributed by atoms with Gasteiger partial charge >= 0.3 is 0 Å². The summed E-state index contributed by atoms with van der Waals surface area (Å²) < 4.78 is 6.43. The van der Waals surface area contributed by atoms with Crippen LogP contribution in [-0.2, 0) is 39.4 Å². The van der Waals surface area contributed by atoms with Crippen LogP contribution in [0.3, 0.4) is 0 Å². The first-order valence-corrected chi connectivity index (χ1v) is 28.6. The van der Waals surface area contributed by atoms with E-state index < -0.39 is 8.07 Å². The fraction of sp³-hybridized carbons (Fsp3) is 0.297. The molecule has 4 heterocycles. The molecule has 0 spiro atoms. The van der Waals surface area contributed by atoms with Crippen molar-refractivity contribution in [3.05, 3.63) is 193 Å². The third-order valence-electron chi connectivity index (χ3n) is 12.9. The molecule has 10 rings (SSSR count). The monoisotopic (exact) mass is 1120 g/mol. The molecule has 0 saturated heterocycles. The van der Waals surface area contributed by atoms with E-state index in [1.807, 2.05) is 30.6 Å². The maximum Gasteiger partial charge on any atom is 0.144 e. The number of aromatic nitrogens is 3. The Morgan fingerprint density at radius 2 is 1.06 bits per heavy atom. The van der Waals surface area contributed by atoms with Crippen molar-refractivity contribution in [3.8, 4) is 44.9 Å². The second-order valence-corrected chi connectivity index (χ2v) is 27.5. The number of hydrogen-bond donors (Lipinski definition) is 0. The molecular weight excluding hydrogens is 1050 g/mol. The standard InChI is InChI=1S/C29H25NO.C19H27NSi.C16H19N.Ir/c1-2-10-22(11-3-1)23-12-7-15-27-28(23)25-14-6-13-24(29(25)31-27)26-19-21(16-17-30-26)18-20-8-4-5-9-20;1-19(2,3)13-16-12-17(15-10-8-7-9-11-15)20-14-18(16)21(4,5)6;1-16(2,3)12-13-9-10-17-15(11-13)14-7-5-4-6-8-14;/h1-3,6-7,10-17,19-20H,4-5,8-9,18H2;7-12,14H,13H2,1-6H3;4-11H,12H2,1-3H3;. The molecule has 0 aliphatic heterocycles. The van der Waals surface area contributed by atoms with Gasteiger partial charge in [-0.15, -0.1) is 0 Å². The van der Waals surface area contributed by atoms with Gasteiger partial charge in [0, 0.05) is 66.2 Å². The van der Waals surface area contributed by atoms with Gasteiger partial charge in [-0.05, 0) is 111 Å². The van der Waals surface area contributed by atoms with Crippen LogP contribution in [0, 0.1) is 16.7 Å². The van der Waals surface area contributed by atoms with Gasteiger partial charge in [-0.25, -0.2) is 0 Å². The van der Waals surface area contributed by atoms with Crippen molar-refractivity contribution in [2.75, 3.05) is 0 Å². The summed E-state index contributed by atoms with van der Waals surface area (Å²) in [5.74, 6) is 0.825. The van der Waals surface area contributed by atoms with E-state index >= 15 is 0 Å². The number of furan rings is 1. The summed E-state index contributed by atoms with van der Waals surface area (Å²) in [4.78, 5) is 13.9. The van der Waals surface area contributed by atoms with Crippen LogP contribution in [0.15, 0.2) is 181 Å². The summed E-state index contributed by atoms with van der Waals surface area (Å²) in [6.07, 6.45) is 14.8. The number of benzene rings is 5. The SMILES string of the molecule is CC(C)(C)Cc1cc(-c2ccccc2)ncc1[Si](C)(C)C.CC(C)(C)Cc1ccnc(-c2ccccc2)c1.[Ir].c1ccc(-c2cccc3oc4c(-c5cc(CC6CCCC6)ccn5)cccc4c23)cc1. The number of hydrogen-bond acceptors (Lipinski definition) is 4. The summed E-state index contributed by atoms with van der Waals surface area (Å²) in [6, 6.07) is 55.1. The molecular formula is C64H71IrN3OSi. The molecule has 1 aliphatic rings. The maximum atomic E-state index is 6.43. The summed E-state index contributed by atoms with van der Waals surface area (Å²) >= 11 is 0. The Balaban J connectivity index is 0.000000163. The van der Waals surface area contributed by atoms with E-state index in [0.717, 1.165) is 64.4 Å². The van der Waals surface area contributed by atoms with Crippen LogP contribution in [0.5, 0.6) is 0 Å². The summed E-state index contributed by atoms with van der Waals surface area (Å²) in [7, 11) is -1.36. The minimum absolute atomic E-state index is 0. The Labute approximate surface area is 432 Å². The van der Waals surface area contributed by atoms with Crippen LogP contribution in [0.2, 0.25) is 19.6 Å². The van der Waals surface area contributed by atoms with Gasteiger partial charge in [0.05, 0.1) is 25.2 Å². The Morgan fingerprint density at radius 3 is 1.66 bits per heavy atom. The molecule has 9 aromatic rings. The van der Waals surface area contributed by atoms with Crippen molar-refractivity contribution in [1.29, 1.82) is 0 Å². The van der Waals surface area contributed by atoms with Crippen LogP contribution in [0.1, 0.15) is 83.9 Å². The third kappa shape index (κ3) is 13.8. The fourth-order valence-electron chi connectivity index (χ4n) is 9.82. The van der Waals surface area contributed by atoms with E-state index in [4.69, 9.17) is 14.4 Å². The Kier molecular flexibility index (Phi) is 17.1. The third-order valence-corrected chi connectivity index (χ3v) is 15.0. The molecule has 0 atom stereocenters. The van der Waals surface area contributed by atoms with Crippen molar-refractivity contribution in [1.82, 2.24) is 15.0 Å². The van der Waals surface area contributed by atoms with Crippen molar-refractivity contribution < 1.29 is 24.5 Å². The average Bonchev–Trinajstić information content (AvgIpc) is 4.00. The molecule has 4 aromatic heterocycles. The molecule has 0 amide bonds. The summed E-state index contributed by atoms with van der Waals surface area (Å²) in [6.45, 7) is 20.9. The molecule has 1 aliphatic carbocycles. The molecule has 1 saturated carbocycles. The van der Waals surface area contributed by atoms with Crippen molar-refractivity contribution in [2.45, 2.75) is 106 Å². The Morgan fingerprint density at radius 1 is 0.529 bits per heavy atom. The predicted molar refractivity (Wildman–Crippen MR) is 297 cm³/mol. The molecule has 361 valence electrons. The largest absolute Gasteiger partial charge is 0.455 e. The molecule has 0 bridgehead atoms. The quantitative estimate of drug-likeness (QED) is 0.135. The second-order valence-electron chi connectivity index (χ2n) is 22.5. The van der Waals surface area contributed by atoms with E-state index in [1.165, 1.54) is 75.2 Å². The molecule has 1 radical (unpaired) electrons. The number of para-hydroxylation sites is 1. The van der Waals surface area contributed by atoms with E-state index in [9.17, 15) is 0 Å². The molecule has 1 fully saturated rings.